The van der Waals surface area contributed by atoms with Gasteiger partial charge in [-0.3, -0.25) is 4.99 Å². The Balaban J connectivity index is 3.85. The van der Waals surface area contributed by atoms with Gasteiger partial charge in [-0.05, 0) is 6.72 Å². The minimum atomic E-state index is -0.0306. The minimum Gasteiger partial charge on any atom is -0.391 e. The van der Waals surface area contributed by atoms with Crippen molar-refractivity contribution in [3.05, 3.63) is 30.0 Å². The van der Waals surface area contributed by atoms with Gasteiger partial charge in [0.15, 0.2) is 0 Å². The lowest BCUT2D eigenvalue weighted by Crippen LogP contribution is -1.83. The zero-order chi connectivity index (χ0) is 7.82. The second-order valence-corrected chi connectivity index (χ2v) is 1.67. The smallest absolute Gasteiger partial charge is 0.0753 e. The monoisotopic (exact) mass is 137 g/mol. The molecule has 10 heavy (non-hydrogen) atoms. The highest BCUT2D eigenvalue weighted by atomic mass is 16.3. The van der Waals surface area contributed by atoms with Crippen molar-refractivity contribution < 1.29 is 5.11 Å². The fourth-order valence-corrected chi connectivity index (χ4v) is 0.437. The molecule has 0 rings (SSSR count). The van der Waals surface area contributed by atoms with Crippen LogP contribution in [0, 0.1) is 0 Å². The average molecular weight is 137 g/mol. The predicted molar refractivity (Wildman–Crippen MR) is 43.3 cm³/mol. The third-order valence-corrected chi connectivity index (χ3v) is 0.951. The number of rotatable bonds is 4. The van der Waals surface area contributed by atoms with Crippen LogP contribution >= 0.6 is 0 Å². The first-order chi connectivity index (χ1) is 4.85. The van der Waals surface area contributed by atoms with E-state index in [1.54, 1.807) is 12.2 Å². The molecule has 0 aliphatic carbocycles. The van der Waals surface area contributed by atoms with Crippen molar-refractivity contribution >= 4 is 6.72 Å². The molecule has 0 aliphatic heterocycles. The SMILES string of the molecule is C=C=C(/C=C\CN=C)CO. The van der Waals surface area contributed by atoms with E-state index in [0.29, 0.717) is 12.1 Å². The molecular formula is C8H11NO. The minimum absolute atomic E-state index is 0.0306. The van der Waals surface area contributed by atoms with Crippen LogP contribution in [0.2, 0.25) is 0 Å². The molecule has 2 heteroatoms. The Morgan fingerprint density at radius 2 is 2.40 bits per heavy atom. The molecule has 0 atom stereocenters. The summed E-state index contributed by atoms with van der Waals surface area (Å²) in [5, 5.41) is 8.59. The van der Waals surface area contributed by atoms with E-state index in [1.807, 2.05) is 0 Å². The van der Waals surface area contributed by atoms with Crippen molar-refractivity contribution in [1.29, 1.82) is 0 Å². The third kappa shape index (κ3) is 3.84. The maximum atomic E-state index is 8.59. The van der Waals surface area contributed by atoms with E-state index in [1.165, 1.54) is 0 Å². The molecule has 0 fully saturated rings. The molecular weight excluding hydrogens is 126 g/mol. The predicted octanol–water partition coefficient (Wildman–Crippen LogP) is 0.947. The van der Waals surface area contributed by atoms with Crippen molar-refractivity contribution in [1.82, 2.24) is 0 Å². The number of aliphatic hydroxyl groups is 1. The van der Waals surface area contributed by atoms with E-state index < -0.39 is 0 Å². The van der Waals surface area contributed by atoms with Gasteiger partial charge in [-0.25, -0.2) is 0 Å². The fraction of sp³-hybridized carbons (Fsp3) is 0.250. The first kappa shape index (κ1) is 8.89. The number of aliphatic imine (C=N–C) groups is 1. The zero-order valence-electron chi connectivity index (χ0n) is 5.88. The normalized spacial score (nSPS) is 9.30. The molecule has 1 N–H and O–H groups in total. The maximum absolute atomic E-state index is 8.59. The van der Waals surface area contributed by atoms with Gasteiger partial charge in [0.25, 0.3) is 0 Å². The van der Waals surface area contributed by atoms with Gasteiger partial charge in [0, 0.05) is 5.57 Å². The quantitative estimate of drug-likeness (QED) is 0.349. The van der Waals surface area contributed by atoms with Gasteiger partial charge in [0.2, 0.25) is 0 Å². The number of hydrogen-bond donors (Lipinski definition) is 1. The summed E-state index contributed by atoms with van der Waals surface area (Å²) in [7, 11) is 0. The van der Waals surface area contributed by atoms with Gasteiger partial charge < -0.3 is 5.11 Å². The second kappa shape index (κ2) is 6.02. The summed E-state index contributed by atoms with van der Waals surface area (Å²) in [6.07, 6.45) is 3.51. The largest absolute Gasteiger partial charge is 0.391 e. The van der Waals surface area contributed by atoms with Crippen LogP contribution in [0.15, 0.2) is 35.0 Å². The topological polar surface area (TPSA) is 32.6 Å². The summed E-state index contributed by atoms with van der Waals surface area (Å²) in [5.74, 6) is 0. The summed E-state index contributed by atoms with van der Waals surface area (Å²) >= 11 is 0. The number of hydrogen-bond acceptors (Lipinski definition) is 2. The van der Waals surface area contributed by atoms with E-state index in [4.69, 9.17) is 5.11 Å². The molecule has 0 aromatic rings. The highest BCUT2D eigenvalue weighted by molar-refractivity contribution is 5.24. The molecule has 2 nitrogen and oxygen atoms in total. The number of nitrogens with zero attached hydrogens (tertiary/aromatic N) is 1. The van der Waals surface area contributed by atoms with Crippen LogP contribution < -0.4 is 0 Å². The Kier molecular flexibility index (Phi) is 5.35. The van der Waals surface area contributed by atoms with Crippen LogP contribution in [0.4, 0.5) is 0 Å². The van der Waals surface area contributed by atoms with E-state index in [0.717, 1.165) is 0 Å². The first-order valence-electron chi connectivity index (χ1n) is 2.94. The van der Waals surface area contributed by atoms with Gasteiger partial charge in [0.05, 0.1) is 13.2 Å². The molecule has 0 aliphatic rings. The average Bonchev–Trinajstić information content (AvgIpc) is 1.99. The van der Waals surface area contributed by atoms with Gasteiger partial charge in [0.1, 0.15) is 0 Å². The van der Waals surface area contributed by atoms with Crippen LogP contribution in [0.5, 0.6) is 0 Å². The summed E-state index contributed by atoms with van der Waals surface area (Å²) < 4.78 is 0. The summed E-state index contributed by atoms with van der Waals surface area (Å²) in [6, 6.07) is 0. The number of aliphatic hydroxyl groups excluding tert-OH is 1. The van der Waals surface area contributed by atoms with E-state index >= 15 is 0 Å². The molecule has 0 spiro atoms. The summed E-state index contributed by atoms with van der Waals surface area (Å²) in [6.45, 7) is 7.22. The maximum Gasteiger partial charge on any atom is 0.0753 e. The van der Waals surface area contributed by atoms with Crippen molar-refractivity contribution in [2.45, 2.75) is 0 Å². The van der Waals surface area contributed by atoms with Crippen LogP contribution in [0.1, 0.15) is 0 Å². The molecule has 0 amide bonds. The Bertz CT molecular complexity index is 176. The van der Waals surface area contributed by atoms with Crippen LogP contribution in [-0.4, -0.2) is 25.0 Å². The molecule has 0 saturated heterocycles. The van der Waals surface area contributed by atoms with E-state index in [2.05, 4.69) is 24.0 Å². The van der Waals surface area contributed by atoms with Crippen molar-refractivity contribution in [2.75, 3.05) is 13.2 Å². The molecule has 0 heterocycles. The van der Waals surface area contributed by atoms with Gasteiger partial charge in [-0.2, -0.15) is 0 Å². The first-order valence-corrected chi connectivity index (χ1v) is 2.94. The van der Waals surface area contributed by atoms with E-state index in [-0.39, 0.29) is 6.61 Å². The molecule has 0 unspecified atom stereocenters. The highest BCUT2D eigenvalue weighted by Gasteiger charge is 1.82. The molecule has 0 radical (unpaired) electrons. The Morgan fingerprint density at radius 3 is 2.80 bits per heavy atom. The fourth-order valence-electron chi connectivity index (χ4n) is 0.437. The van der Waals surface area contributed by atoms with Gasteiger partial charge in [-0.1, -0.05) is 18.7 Å². The Morgan fingerprint density at radius 1 is 1.70 bits per heavy atom. The lowest BCUT2D eigenvalue weighted by Gasteiger charge is -1.87. The third-order valence-electron chi connectivity index (χ3n) is 0.951. The lowest BCUT2D eigenvalue weighted by atomic mass is 10.3. The summed E-state index contributed by atoms with van der Waals surface area (Å²) in [5.41, 5.74) is 3.25. The molecule has 0 aromatic heterocycles. The van der Waals surface area contributed by atoms with Crippen molar-refractivity contribution in [3.63, 3.8) is 0 Å². The lowest BCUT2D eigenvalue weighted by molar-refractivity contribution is 0.335. The van der Waals surface area contributed by atoms with Crippen LogP contribution in [0.25, 0.3) is 0 Å². The van der Waals surface area contributed by atoms with Crippen molar-refractivity contribution in [2.24, 2.45) is 4.99 Å². The summed E-state index contributed by atoms with van der Waals surface area (Å²) in [4.78, 5) is 3.60. The van der Waals surface area contributed by atoms with Crippen molar-refractivity contribution in [3.8, 4) is 0 Å². The molecule has 54 valence electrons. The molecule has 0 aromatic carbocycles. The molecule has 0 saturated carbocycles. The Labute approximate surface area is 60.9 Å². The van der Waals surface area contributed by atoms with Crippen LogP contribution in [-0.2, 0) is 0 Å². The van der Waals surface area contributed by atoms with Crippen LogP contribution in [0.3, 0.4) is 0 Å². The zero-order valence-corrected chi connectivity index (χ0v) is 5.88. The van der Waals surface area contributed by atoms with Gasteiger partial charge in [-0.15, -0.1) is 5.73 Å². The highest BCUT2D eigenvalue weighted by Crippen LogP contribution is 1.90. The van der Waals surface area contributed by atoms with E-state index in [9.17, 15) is 0 Å². The molecule has 0 bridgehead atoms. The van der Waals surface area contributed by atoms with Gasteiger partial charge >= 0.3 is 0 Å². The second-order valence-electron chi connectivity index (χ2n) is 1.67. The Hall–Kier alpha value is -1.11. The standard InChI is InChI=1S/C8H11NO/c1-3-8(7-10)5-4-6-9-2/h4-5,10H,1-2,6-7H2/b5-4-.